The highest BCUT2D eigenvalue weighted by Gasteiger charge is 2.17. The van der Waals surface area contributed by atoms with E-state index in [0.29, 0.717) is 0 Å². The summed E-state index contributed by atoms with van der Waals surface area (Å²) in [6.07, 6.45) is 0. The van der Waals surface area contributed by atoms with Crippen LogP contribution in [-0.4, -0.2) is 19.5 Å². The van der Waals surface area contributed by atoms with Crippen molar-refractivity contribution in [3.8, 4) is 0 Å². The van der Waals surface area contributed by atoms with Crippen molar-refractivity contribution in [1.29, 1.82) is 0 Å². The summed E-state index contributed by atoms with van der Waals surface area (Å²) in [6.45, 7) is 0. The molecule has 5 nitrogen and oxygen atoms in total. The minimum atomic E-state index is -3.94. The summed E-state index contributed by atoms with van der Waals surface area (Å²) < 4.78 is 26.7. The lowest BCUT2D eigenvalue weighted by molar-refractivity contribution is 0.0697. The highest BCUT2D eigenvalue weighted by molar-refractivity contribution is 7.92. The molecule has 116 valence electrons. The molecule has 0 radical (unpaired) electrons. The summed E-state index contributed by atoms with van der Waals surface area (Å²) >= 11 is 17.3. The van der Waals surface area contributed by atoms with Crippen LogP contribution in [-0.2, 0) is 10.0 Å². The standard InChI is InChI=1S/C13H8Cl3NO4S/c14-10-3-1-7(5-9(10)13(18)19)17-22(20,21)8-2-4-11(15)12(16)6-8/h1-6,17H,(H,18,19). The van der Waals surface area contributed by atoms with Gasteiger partial charge in [-0.2, -0.15) is 0 Å². The predicted octanol–water partition coefficient (Wildman–Crippen LogP) is 4.15. The van der Waals surface area contributed by atoms with Crippen molar-refractivity contribution >= 4 is 56.5 Å². The minimum absolute atomic E-state index is 0.00462. The van der Waals surface area contributed by atoms with E-state index in [4.69, 9.17) is 39.9 Å². The number of carboxylic acid groups (broad SMARTS) is 1. The van der Waals surface area contributed by atoms with Crippen molar-refractivity contribution in [3.63, 3.8) is 0 Å². The van der Waals surface area contributed by atoms with Crippen LogP contribution in [0.3, 0.4) is 0 Å². The largest absolute Gasteiger partial charge is 0.478 e. The number of aromatic carboxylic acids is 1. The molecular weight excluding hydrogens is 373 g/mol. The lowest BCUT2D eigenvalue weighted by atomic mass is 10.2. The van der Waals surface area contributed by atoms with Gasteiger partial charge in [0.15, 0.2) is 0 Å². The second kappa shape index (κ2) is 6.34. The first-order valence-corrected chi connectivity index (χ1v) is 8.33. The summed E-state index contributed by atoms with van der Waals surface area (Å²) in [5.74, 6) is -1.26. The SMILES string of the molecule is O=C(O)c1cc(NS(=O)(=O)c2ccc(Cl)c(Cl)c2)ccc1Cl. The van der Waals surface area contributed by atoms with Gasteiger partial charge >= 0.3 is 5.97 Å². The van der Waals surface area contributed by atoms with E-state index in [1.165, 1.54) is 30.3 Å². The summed E-state index contributed by atoms with van der Waals surface area (Å²) in [6, 6.07) is 7.59. The number of benzene rings is 2. The molecular formula is C13H8Cl3NO4S. The summed E-state index contributed by atoms with van der Waals surface area (Å²) in [5.41, 5.74) is -0.149. The minimum Gasteiger partial charge on any atom is -0.478 e. The zero-order chi connectivity index (χ0) is 16.5. The molecule has 0 aromatic heterocycles. The van der Waals surface area contributed by atoms with Gasteiger partial charge in [-0.15, -0.1) is 0 Å². The van der Waals surface area contributed by atoms with Gasteiger partial charge in [0.2, 0.25) is 0 Å². The van der Waals surface area contributed by atoms with Crippen molar-refractivity contribution in [2.45, 2.75) is 4.90 Å². The Bertz CT molecular complexity index is 852. The van der Waals surface area contributed by atoms with Crippen molar-refractivity contribution in [3.05, 3.63) is 57.0 Å². The maximum absolute atomic E-state index is 12.2. The topological polar surface area (TPSA) is 83.5 Å². The van der Waals surface area contributed by atoms with E-state index in [1.54, 1.807) is 0 Å². The highest BCUT2D eigenvalue weighted by atomic mass is 35.5. The molecule has 0 heterocycles. The molecule has 2 N–H and O–H groups in total. The third-order valence-electron chi connectivity index (χ3n) is 2.65. The molecule has 9 heteroatoms. The van der Waals surface area contributed by atoms with E-state index < -0.39 is 16.0 Å². The Kier molecular flexibility index (Phi) is 4.87. The van der Waals surface area contributed by atoms with Crippen LogP contribution < -0.4 is 4.72 Å². The fraction of sp³-hybridized carbons (Fsp3) is 0. The molecule has 0 spiro atoms. The quantitative estimate of drug-likeness (QED) is 0.835. The van der Waals surface area contributed by atoms with Gasteiger partial charge in [-0.3, -0.25) is 4.72 Å². The first-order valence-electron chi connectivity index (χ1n) is 5.71. The van der Waals surface area contributed by atoms with Crippen molar-refractivity contribution < 1.29 is 18.3 Å². The molecule has 0 fully saturated rings. The number of halogens is 3. The number of hydrogen-bond donors (Lipinski definition) is 2. The fourth-order valence-corrected chi connectivity index (χ4v) is 3.25. The first-order chi connectivity index (χ1) is 10.2. The number of rotatable bonds is 4. The van der Waals surface area contributed by atoms with Gasteiger partial charge < -0.3 is 5.11 Å². The fourth-order valence-electron chi connectivity index (χ4n) is 1.61. The van der Waals surface area contributed by atoms with Crippen molar-refractivity contribution in [2.75, 3.05) is 4.72 Å². The molecule has 0 aliphatic rings. The molecule has 0 amide bonds. The van der Waals surface area contributed by atoms with Crippen LogP contribution >= 0.6 is 34.8 Å². The summed E-state index contributed by atoms with van der Waals surface area (Å²) in [7, 11) is -3.94. The molecule has 22 heavy (non-hydrogen) atoms. The maximum Gasteiger partial charge on any atom is 0.337 e. The molecule has 0 aliphatic heterocycles. The number of carbonyl (C=O) groups is 1. The van der Waals surface area contributed by atoms with E-state index in [9.17, 15) is 13.2 Å². The smallest absolute Gasteiger partial charge is 0.337 e. The Hall–Kier alpha value is -1.47. The second-order valence-electron chi connectivity index (χ2n) is 4.18. The van der Waals surface area contributed by atoms with Gasteiger partial charge in [0.25, 0.3) is 10.0 Å². The van der Waals surface area contributed by atoms with Crippen LogP contribution in [0.1, 0.15) is 10.4 Å². The van der Waals surface area contributed by atoms with Gasteiger partial charge in [-0.25, -0.2) is 13.2 Å². The van der Waals surface area contributed by atoms with Crippen LogP contribution in [0.4, 0.5) is 5.69 Å². The molecule has 0 unspecified atom stereocenters. The number of anilines is 1. The van der Waals surface area contributed by atoms with Gasteiger partial charge in [0.1, 0.15) is 0 Å². The summed E-state index contributed by atoms with van der Waals surface area (Å²) in [5, 5.41) is 9.30. The van der Waals surface area contributed by atoms with Crippen LogP contribution in [0.5, 0.6) is 0 Å². The molecule has 2 aromatic carbocycles. The Morgan fingerprint density at radius 2 is 1.59 bits per heavy atom. The molecule has 0 aliphatic carbocycles. The van der Waals surface area contributed by atoms with E-state index in [-0.39, 0.29) is 31.2 Å². The molecule has 0 bridgehead atoms. The normalized spacial score (nSPS) is 11.2. The van der Waals surface area contributed by atoms with Crippen LogP contribution in [0, 0.1) is 0 Å². The van der Waals surface area contributed by atoms with E-state index in [1.807, 2.05) is 0 Å². The van der Waals surface area contributed by atoms with Gasteiger partial charge in [0.05, 0.1) is 25.5 Å². The Morgan fingerprint density at radius 1 is 0.955 bits per heavy atom. The van der Waals surface area contributed by atoms with Crippen molar-refractivity contribution in [1.82, 2.24) is 0 Å². The molecule has 2 rings (SSSR count). The Balaban J connectivity index is 2.38. The number of sulfonamides is 1. The van der Waals surface area contributed by atoms with Crippen LogP contribution in [0.2, 0.25) is 15.1 Å². The van der Waals surface area contributed by atoms with Gasteiger partial charge in [-0.1, -0.05) is 34.8 Å². The third-order valence-corrected chi connectivity index (χ3v) is 5.10. The lowest BCUT2D eigenvalue weighted by Crippen LogP contribution is -2.13. The Morgan fingerprint density at radius 3 is 2.18 bits per heavy atom. The number of nitrogens with one attached hydrogen (secondary N) is 1. The van der Waals surface area contributed by atoms with E-state index in [0.717, 1.165) is 6.07 Å². The average Bonchev–Trinajstić information content (AvgIpc) is 2.43. The average molecular weight is 381 g/mol. The highest BCUT2D eigenvalue weighted by Crippen LogP contribution is 2.27. The van der Waals surface area contributed by atoms with E-state index in [2.05, 4.69) is 4.72 Å². The second-order valence-corrected chi connectivity index (χ2v) is 7.09. The molecule has 0 saturated heterocycles. The lowest BCUT2D eigenvalue weighted by Gasteiger charge is -2.10. The summed E-state index contributed by atoms with van der Waals surface area (Å²) in [4.78, 5) is 10.9. The van der Waals surface area contributed by atoms with E-state index >= 15 is 0 Å². The maximum atomic E-state index is 12.2. The first kappa shape index (κ1) is 16.9. The number of carboxylic acids is 1. The zero-order valence-corrected chi connectivity index (χ0v) is 13.8. The zero-order valence-electron chi connectivity index (χ0n) is 10.7. The predicted molar refractivity (Wildman–Crippen MR) is 85.7 cm³/mol. The molecule has 0 atom stereocenters. The molecule has 0 saturated carbocycles. The third kappa shape index (κ3) is 3.64. The van der Waals surface area contributed by atoms with Crippen LogP contribution in [0.25, 0.3) is 0 Å². The monoisotopic (exact) mass is 379 g/mol. The van der Waals surface area contributed by atoms with Crippen LogP contribution in [0.15, 0.2) is 41.3 Å². The van der Waals surface area contributed by atoms with Crippen molar-refractivity contribution in [2.24, 2.45) is 0 Å². The Labute approximate surface area is 141 Å². The number of hydrogen-bond acceptors (Lipinski definition) is 3. The van der Waals surface area contributed by atoms with Gasteiger partial charge in [0, 0.05) is 5.69 Å². The molecule has 2 aromatic rings. The van der Waals surface area contributed by atoms with Gasteiger partial charge in [-0.05, 0) is 36.4 Å².